The molecule has 0 saturated heterocycles. The zero-order valence-corrected chi connectivity index (χ0v) is 6.92. The number of hydrogen-bond acceptors (Lipinski definition) is 1. The highest BCUT2D eigenvalue weighted by Gasteiger charge is 2.34. The van der Waals surface area contributed by atoms with E-state index in [0.29, 0.717) is 10.9 Å². The zero-order valence-electron chi connectivity index (χ0n) is 6.92. The second kappa shape index (κ2) is 2.67. The van der Waals surface area contributed by atoms with Gasteiger partial charge in [0.25, 0.3) is 0 Å². The SMILES string of the molecule is On1cc(C(F)(F)F)c2ccccc21. The lowest BCUT2D eigenvalue weighted by Crippen LogP contribution is -2.03. The molecule has 5 heteroatoms. The zero-order chi connectivity index (χ0) is 10.3. The monoisotopic (exact) mass is 201 g/mol. The molecule has 0 aliphatic rings. The average molecular weight is 201 g/mol. The molecular formula is C9H6F3NO. The highest BCUT2D eigenvalue weighted by molar-refractivity contribution is 5.84. The van der Waals surface area contributed by atoms with Gasteiger partial charge in [0.1, 0.15) is 0 Å². The normalized spacial score (nSPS) is 12.2. The van der Waals surface area contributed by atoms with E-state index in [4.69, 9.17) is 0 Å². The molecule has 0 amide bonds. The molecule has 14 heavy (non-hydrogen) atoms. The Morgan fingerprint density at radius 1 is 1.14 bits per heavy atom. The second-order valence-corrected chi connectivity index (χ2v) is 2.90. The third-order valence-electron chi connectivity index (χ3n) is 2.00. The van der Waals surface area contributed by atoms with Gasteiger partial charge in [0.05, 0.1) is 17.3 Å². The minimum atomic E-state index is -4.44. The Hall–Kier alpha value is -1.65. The van der Waals surface area contributed by atoms with E-state index >= 15 is 0 Å². The summed E-state index contributed by atoms with van der Waals surface area (Å²) in [6.07, 6.45) is -3.77. The summed E-state index contributed by atoms with van der Waals surface area (Å²) >= 11 is 0. The molecule has 1 aromatic carbocycles. The van der Waals surface area contributed by atoms with Crippen LogP contribution in [0.2, 0.25) is 0 Å². The number of halogens is 3. The van der Waals surface area contributed by atoms with Crippen LogP contribution in [0.4, 0.5) is 13.2 Å². The molecule has 2 rings (SSSR count). The van der Waals surface area contributed by atoms with Crippen molar-refractivity contribution in [3.63, 3.8) is 0 Å². The molecule has 0 aliphatic carbocycles. The van der Waals surface area contributed by atoms with Gasteiger partial charge < -0.3 is 5.21 Å². The molecule has 74 valence electrons. The van der Waals surface area contributed by atoms with Gasteiger partial charge in [0.15, 0.2) is 0 Å². The number of nitrogens with zero attached hydrogens (tertiary/aromatic N) is 1. The van der Waals surface area contributed by atoms with Crippen LogP contribution in [0.25, 0.3) is 10.9 Å². The summed E-state index contributed by atoms with van der Waals surface area (Å²) in [4.78, 5) is 0. The fraction of sp³-hybridized carbons (Fsp3) is 0.111. The lowest BCUT2D eigenvalue weighted by molar-refractivity contribution is -0.136. The van der Waals surface area contributed by atoms with E-state index < -0.39 is 11.7 Å². The molecule has 1 heterocycles. The molecule has 0 saturated carbocycles. The van der Waals surface area contributed by atoms with Crippen LogP contribution in [0.15, 0.2) is 30.5 Å². The van der Waals surface area contributed by atoms with Gasteiger partial charge in [-0.25, -0.2) is 0 Å². The Labute approximate surface area is 77.1 Å². The van der Waals surface area contributed by atoms with Gasteiger partial charge in [-0.1, -0.05) is 18.2 Å². The van der Waals surface area contributed by atoms with E-state index in [2.05, 4.69) is 0 Å². The Balaban J connectivity index is 2.80. The minimum absolute atomic E-state index is 0.00231. The summed E-state index contributed by atoms with van der Waals surface area (Å²) in [6, 6.07) is 5.81. The Kier molecular flexibility index (Phi) is 1.70. The number of fused-ring (bicyclic) bond motifs is 1. The van der Waals surface area contributed by atoms with Crippen LogP contribution in [0.3, 0.4) is 0 Å². The Morgan fingerprint density at radius 3 is 2.43 bits per heavy atom. The predicted octanol–water partition coefficient (Wildman–Crippen LogP) is 2.90. The summed E-state index contributed by atoms with van der Waals surface area (Å²) in [5.41, 5.74) is -0.671. The van der Waals surface area contributed by atoms with Gasteiger partial charge >= 0.3 is 6.18 Å². The third-order valence-corrected chi connectivity index (χ3v) is 2.00. The van der Waals surface area contributed by atoms with Crippen molar-refractivity contribution in [3.8, 4) is 0 Å². The molecule has 0 unspecified atom stereocenters. The standard InChI is InChI=1S/C9H6F3NO/c10-9(11,12)7-5-13(14)8-4-2-1-3-6(7)8/h1-5,14H. The molecule has 0 atom stereocenters. The maximum absolute atomic E-state index is 12.4. The Bertz CT molecular complexity index is 472. The first-order chi connectivity index (χ1) is 6.50. The first kappa shape index (κ1) is 8.93. The van der Waals surface area contributed by atoms with Crippen LogP contribution in [-0.4, -0.2) is 9.94 Å². The van der Waals surface area contributed by atoms with Crippen LogP contribution >= 0.6 is 0 Å². The number of hydrogen-bond donors (Lipinski definition) is 1. The topological polar surface area (TPSA) is 25.2 Å². The number of alkyl halides is 3. The number of benzene rings is 1. The van der Waals surface area contributed by atoms with Crippen molar-refractivity contribution in [2.75, 3.05) is 0 Å². The summed E-state index contributed by atoms with van der Waals surface area (Å²) in [6.45, 7) is 0. The third kappa shape index (κ3) is 1.21. The molecule has 1 N–H and O–H groups in total. The summed E-state index contributed by atoms with van der Waals surface area (Å²) in [5.74, 6) is 0. The Morgan fingerprint density at radius 2 is 1.79 bits per heavy atom. The van der Waals surface area contributed by atoms with E-state index in [1.165, 1.54) is 18.2 Å². The molecule has 2 nitrogen and oxygen atoms in total. The molecule has 1 aromatic heterocycles. The second-order valence-electron chi connectivity index (χ2n) is 2.90. The smallest absolute Gasteiger partial charge is 0.418 e. The number of para-hydroxylation sites is 1. The minimum Gasteiger partial charge on any atom is -0.428 e. The fourth-order valence-corrected chi connectivity index (χ4v) is 1.39. The van der Waals surface area contributed by atoms with E-state index in [9.17, 15) is 18.4 Å². The van der Waals surface area contributed by atoms with Crippen molar-refractivity contribution in [2.24, 2.45) is 0 Å². The van der Waals surface area contributed by atoms with Crippen LogP contribution in [0.1, 0.15) is 5.56 Å². The molecule has 0 radical (unpaired) electrons. The van der Waals surface area contributed by atoms with Crippen LogP contribution in [0.5, 0.6) is 0 Å². The van der Waals surface area contributed by atoms with E-state index in [-0.39, 0.29) is 10.9 Å². The van der Waals surface area contributed by atoms with Gasteiger partial charge in [-0.15, -0.1) is 0 Å². The van der Waals surface area contributed by atoms with Crippen molar-refractivity contribution >= 4 is 10.9 Å². The summed E-state index contributed by atoms with van der Waals surface area (Å²) in [5, 5.41) is 9.17. The van der Waals surface area contributed by atoms with Gasteiger partial charge in [0.2, 0.25) is 0 Å². The molecule has 2 aromatic rings. The van der Waals surface area contributed by atoms with Crippen LogP contribution in [-0.2, 0) is 6.18 Å². The van der Waals surface area contributed by atoms with Gasteiger partial charge in [-0.3, -0.25) is 0 Å². The van der Waals surface area contributed by atoms with E-state index in [1.54, 1.807) is 6.07 Å². The quantitative estimate of drug-likeness (QED) is 0.651. The van der Waals surface area contributed by atoms with Crippen molar-refractivity contribution in [3.05, 3.63) is 36.0 Å². The fourth-order valence-electron chi connectivity index (χ4n) is 1.39. The van der Waals surface area contributed by atoms with E-state index in [0.717, 1.165) is 0 Å². The van der Waals surface area contributed by atoms with Crippen molar-refractivity contribution in [1.29, 1.82) is 0 Å². The molecular weight excluding hydrogens is 195 g/mol. The molecule has 0 aliphatic heterocycles. The first-order valence-electron chi connectivity index (χ1n) is 3.86. The van der Waals surface area contributed by atoms with Gasteiger partial charge in [-0.05, 0) is 6.07 Å². The highest BCUT2D eigenvalue weighted by atomic mass is 19.4. The van der Waals surface area contributed by atoms with Crippen LogP contribution in [0, 0.1) is 0 Å². The lowest BCUT2D eigenvalue weighted by atomic mass is 10.2. The lowest BCUT2D eigenvalue weighted by Gasteiger charge is -2.02. The number of rotatable bonds is 0. The average Bonchev–Trinajstić information content (AvgIpc) is 2.44. The molecule has 0 bridgehead atoms. The maximum Gasteiger partial charge on any atom is 0.418 e. The molecule has 0 spiro atoms. The first-order valence-corrected chi connectivity index (χ1v) is 3.86. The predicted molar refractivity (Wildman–Crippen MR) is 44.1 cm³/mol. The van der Waals surface area contributed by atoms with Crippen molar-refractivity contribution in [1.82, 2.24) is 4.73 Å². The van der Waals surface area contributed by atoms with E-state index in [1.807, 2.05) is 0 Å². The van der Waals surface area contributed by atoms with Gasteiger partial charge in [-0.2, -0.15) is 17.9 Å². The summed E-state index contributed by atoms with van der Waals surface area (Å²) in [7, 11) is 0. The maximum atomic E-state index is 12.4. The molecule has 0 fully saturated rings. The summed E-state index contributed by atoms with van der Waals surface area (Å²) < 4.78 is 37.7. The van der Waals surface area contributed by atoms with Gasteiger partial charge in [0, 0.05) is 5.39 Å². The van der Waals surface area contributed by atoms with Crippen molar-refractivity contribution in [2.45, 2.75) is 6.18 Å². The highest BCUT2D eigenvalue weighted by Crippen LogP contribution is 2.35. The largest absolute Gasteiger partial charge is 0.428 e. The number of aromatic nitrogens is 1. The van der Waals surface area contributed by atoms with Crippen molar-refractivity contribution < 1.29 is 18.4 Å². The van der Waals surface area contributed by atoms with Crippen LogP contribution < -0.4 is 0 Å².